The lowest BCUT2D eigenvalue weighted by molar-refractivity contribution is 0.248. The van der Waals surface area contributed by atoms with E-state index in [1.54, 1.807) is 0 Å². The number of methoxy groups -OCH3 is 1. The van der Waals surface area contributed by atoms with Crippen molar-refractivity contribution in [3.8, 4) is 5.75 Å². The summed E-state index contributed by atoms with van der Waals surface area (Å²) in [6.45, 7) is 0.384. The number of aliphatic hydroxyl groups excluding tert-OH is 1. The molecule has 0 radical (unpaired) electrons. The Balaban J connectivity index is 1.98. The second kappa shape index (κ2) is 8.88. The average Bonchev–Trinajstić information content (AvgIpc) is 2.59. The number of carbonyl (C=O) groups excluding carboxylic acids is 1. The molecule has 5 nitrogen and oxygen atoms in total. The third-order valence-electron chi connectivity index (χ3n) is 3.67. The van der Waals surface area contributed by atoms with Gasteiger partial charge in [-0.15, -0.1) is 0 Å². The fourth-order valence-corrected chi connectivity index (χ4v) is 2.43. The molecule has 2 rings (SSSR count). The molecule has 0 aliphatic heterocycles. The molecule has 128 valence electrons. The van der Waals surface area contributed by atoms with Crippen LogP contribution < -0.4 is 15.4 Å². The van der Waals surface area contributed by atoms with Gasteiger partial charge < -0.3 is 20.5 Å². The van der Waals surface area contributed by atoms with Crippen LogP contribution in [-0.4, -0.2) is 31.4 Å². The highest BCUT2D eigenvalue weighted by Gasteiger charge is 2.13. The van der Waals surface area contributed by atoms with Crippen LogP contribution in [-0.2, 0) is 0 Å². The third kappa shape index (κ3) is 4.96. The minimum atomic E-state index is -0.464. The number of urea groups is 1. The Morgan fingerprint density at radius 1 is 1.25 bits per heavy atom. The molecule has 2 amide bonds. The Kier molecular flexibility index (Phi) is 6.57. The summed E-state index contributed by atoms with van der Waals surface area (Å²) in [4.78, 5) is 12.1. The summed E-state index contributed by atoms with van der Waals surface area (Å²) < 4.78 is 18.4. The first kappa shape index (κ1) is 17.7. The highest BCUT2D eigenvalue weighted by Crippen LogP contribution is 2.25. The van der Waals surface area contributed by atoms with Crippen LogP contribution in [0.25, 0.3) is 0 Å². The van der Waals surface area contributed by atoms with Crippen molar-refractivity contribution in [1.82, 2.24) is 5.32 Å². The van der Waals surface area contributed by atoms with E-state index in [4.69, 9.17) is 4.74 Å². The van der Waals surface area contributed by atoms with Gasteiger partial charge in [0, 0.05) is 25.1 Å². The molecule has 0 bridgehead atoms. The maximum absolute atomic E-state index is 13.3. The maximum atomic E-state index is 13.3. The smallest absolute Gasteiger partial charge is 0.319 e. The van der Waals surface area contributed by atoms with Gasteiger partial charge in [-0.3, -0.25) is 0 Å². The van der Waals surface area contributed by atoms with E-state index in [0.29, 0.717) is 18.7 Å². The number of rotatable bonds is 7. The highest BCUT2D eigenvalue weighted by atomic mass is 19.1. The molecule has 2 aromatic rings. The lowest BCUT2D eigenvalue weighted by Gasteiger charge is -2.18. The molecule has 1 unspecified atom stereocenters. The number of halogens is 1. The van der Waals surface area contributed by atoms with Gasteiger partial charge in [-0.05, 0) is 24.1 Å². The van der Waals surface area contributed by atoms with Crippen LogP contribution in [0.15, 0.2) is 48.5 Å². The predicted octanol–water partition coefficient (Wildman–Crippen LogP) is 3.12. The molecule has 1 atom stereocenters. The van der Waals surface area contributed by atoms with Gasteiger partial charge in [0.1, 0.15) is 11.6 Å². The molecule has 3 N–H and O–H groups in total. The normalized spacial score (nSPS) is 11.6. The van der Waals surface area contributed by atoms with Gasteiger partial charge in [0.05, 0.1) is 12.8 Å². The molecular weight excluding hydrogens is 311 g/mol. The number of hydrogen-bond acceptors (Lipinski definition) is 3. The molecule has 0 aliphatic carbocycles. The highest BCUT2D eigenvalue weighted by molar-refractivity contribution is 5.90. The van der Waals surface area contributed by atoms with Crippen molar-refractivity contribution >= 4 is 11.7 Å². The Morgan fingerprint density at radius 2 is 2.00 bits per heavy atom. The number of carbonyl (C=O) groups is 1. The van der Waals surface area contributed by atoms with E-state index in [-0.39, 0.29) is 18.2 Å². The maximum Gasteiger partial charge on any atom is 0.319 e. The summed E-state index contributed by atoms with van der Waals surface area (Å²) in [7, 11) is 1.45. The summed E-state index contributed by atoms with van der Waals surface area (Å²) in [5.41, 5.74) is 1.30. The van der Waals surface area contributed by atoms with Crippen LogP contribution in [0, 0.1) is 5.82 Å². The number of anilines is 1. The molecule has 6 heteroatoms. The molecule has 24 heavy (non-hydrogen) atoms. The van der Waals surface area contributed by atoms with Crippen molar-refractivity contribution in [2.75, 3.05) is 25.6 Å². The fourth-order valence-electron chi connectivity index (χ4n) is 2.43. The van der Waals surface area contributed by atoms with E-state index in [1.807, 2.05) is 30.3 Å². The number of hydrogen-bond donors (Lipinski definition) is 3. The summed E-state index contributed by atoms with van der Waals surface area (Å²) in [6, 6.07) is 13.1. The summed E-state index contributed by atoms with van der Waals surface area (Å²) in [5, 5.41) is 14.5. The summed E-state index contributed by atoms with van der Waals surface area (Å²) in [5.74, 6) is -0.0913. The first-order chi connectivity index (χ1) is 11.6. The first-order valence-electron chi connectivity index (χ1n) is 7.68. The number of aliphatic hydroxyl groups is 1. The number of benzene rings is 2. The number of nitrogens with one attached hydrogen (secondary N) is 2. The lowest BCUT2D eigenvalue weighted by atomic mass is 9.96. The van der Waals surface area contributed by atoms with Crippen molar-refractivity contribution in [2.24, 2.45) is 0 Å². The average molecular weight is 332 g/mol. The van der Waals surface area contributed by atoms with Crippen LogP contribution >= 0.6 is 0 Å². The minimum Gasteiger partial charge on any atom is -0.495 e. The van der Waals surface area contributed by atoms with E-state index < -0.39 is 11.8 Å². The molecule has 0 aromatic heterocycles. The van der Waals surface area contributed by atoms with E-state index in [2.05, 4.69) is 10.6 Å². The molecule has 0 fully saturated rings. The zero-order valence-corrected chi connectivity index (χ0v) is 13.5. The molecule has 0 saturated carbocycles. The number of amides is 2. The minimum absolute atomic E-state index is 0.00337. The SMILES string of the molecule is COc1ccc(F)cc1NC(=O)NCC(CCO)c1ccccc1. The first-order valence-corrected chi connectivity index (χ1v) is 7.68. The zero-order valence-electron chi connectivity index (χ0n) is 13.5. The summed E-state index contributed by atoms with van der Waals surface area (Å²) >= 11 is 0. The van der Waals surface area contributed by atoms with E-state index in [9.17, 15) is 14.3 Å². The van der Waals surface area contributed by atoms with E-state index in [1.165, 1.54) is 25.3 Å². The van der Waals surface area contributed by atoms with Crippen LogP contribution in [0.1, 0.15) is 17.9 Å². The second-order valence-electron chi connectivity index (χ2n) is 5.30. The second-order valence-corrected chi connectivity index (χ2v) is 5.30. The monoisotopic (exact) mass is 332 g/mol. The lowest BCUT2D eigenvalue weighted by Crippen LogP contribution is -2.32. The molecule has 0 aliphatic rings. The van der Waals surface area contributed by atoms with E-state index >= 15 is 0 Å². The quantitative estimate of drug-likeness (QED) is 0.729. The van der Waals surface area contributed by atoms with Crippen molar-refractivity contribution < 1.29 is 19.0 Å². The van der Waals surface area contributed by atoms with Gasteiger partial charge in [0.2, 0.25) is 0 Å². The van der Waals surface area contributed by atoms with Gasteiger partial charge in [0.15, 0.2) is 0 Å². The van der Waals surface area contributed by atoms with Gasteiger partial charge in [0.25, 0.3) is 0 Å². The van der Waals surface area contributed by atoms with Crippen LogP contribution in [0.4, 0.5) is 14.9 Å². The summed E-state index contributed by atoms with van der Waals surface area (Å²) in [6.07, 6.45) is 0.535. The van der Waals surface area contributed by atoms with Gasteiger partial charge in [-0.1, -0.05) is 30.3 Å². The number of ether oxygens (including phenoxy) is 1. The van der Waals surface area contributed by atoms with Gasteiger partial charge >= 0.3 is 6.03 Å². The molecule has 0 saturated heterocycles. The standard InChI is InChI=1S/C18H21FN2O3/c1-24-17-8-7-15(19)11-16(17)21-18(23)20-12-14(9-10-22)13-5-3-2-4-6-13/h2-8,11,14,22H,9-10,12H2,1H3,(H2,20,21,23). The van der Waals surface area contributed by atoms with Crippen LogP contribution in [0.5, 0.6) is 5.75 Å². The Bertz CT molecular complexity index is 665. The van der Waals surface area contributed by atoms with Gasteiger partial charge in [-0.2, -0.15) is 0 Å². The van der Waals surface area contributed by atoms with Crippen molar-refractivity contribution in [1.29, 1.82) is 0 Å². The largest absolute Gasteiger partial charge is 0.495 e. The van der Waals surface area contributed by atoms with Crippen molar-refractivity contribution in [3.05, 3.63) is 59.9 Å². The van der Waals surface area contributed by atoms with Crippen molar-refractivity contribution in [3.63, 3.8) is 0 Å². The Hall–Kier alpha value is -2.60. The fraction of sp³-hybridized carbons (Fsp3) is 0.278. The molecule has 0 spiro atoms. The molecular formula is C18H21FN2O3. The van der Waals surface area contributed by atoms with Crippen LogP contribution in [0.2, 0.25) is 0 Å². The molecule has 2 aromatic carbocycles. The zero-order chi connectivity index (χ0) is 17.4. The topological polar surface area (TPSA) is 70.6 Å². The van der Waals surface area contributed by atoms with Crippen LogP contribution in [0.3, 0.4) is 0 Å². The van der Waals surface area contributed by atoms with Crippen molar-refractivity contribution in [2.45, 2.75) is 12.3 Å². The molecule has 0 heterocycles. The van der Waals surface area contributed by atoms with E-state index in [0.717, 1.165) is 5.56 Å². The Morgan fingerprint density at radius 3 is 2.67 bits per heavy atom. The predicted molar refractivity (Wildman–Crippen MR) is 90.9 cm³/mol. The Labute approximate surface area is 140 Å². The third-order valence-corrected chi connectivity index (χ3v) is 3.67. The van der Waals surface area contributed by atoms with Gasteiger partial charge in [-0.25, -0.2) is 9.18 Å².